The van der Waals surface area contributed by atoms with Crippen LogP contribution in [0.2, 0.25) is 5.15 Å². The van der Waals surface area contributed by atoms with E-state index in [1.165, 1.54) is 11.0 Å². The second kappa shape index (κ2) is 7.24. The van der Waals surface area contributed by atoms with Crippen LogP contribution in [0.4, 0.5) is 0 Å². The molecule has 5 nitrogen and oxygen atoms in total. The third kappa shape index (κ3) is 4.81. The molecular weight excluding hydrogens is 278 g/mol. The van der Waals surface area contributed by atoms with Gasteiger partial charge in [0.15, 0.2) is 0 Å². The van der Waals surface area contributed by atoms with Crippen LogP contribution in [-0.2, 0) is 11.2 Å². The zero-order chi connectivity index (χ0) is 15.3. The van der Waals surface area contributed by atoms with Crippen molar-refractivity contribution in [3.8, 4) is 0 Å². The molecule has 0 aromatic carbocycles. The Kier molecular flexibility index (Phi) is 5.95. The van der Waals surface area contributed by atoms with Gasteiger partial charge in [-0.2, -0.15) is 0 Å². The fourth-order valence-corrected chi connectivity index (χ4v) is 2.11. The number of pyridine rings is 1. The smallest absolute Gasteiger partial charge is 0.254 e. The van der Waals surface area contributed by atoms with E-state index >= 15 is 0 Å². The lowest BCUT2D eigenvalue weighted by molar-refractivity contribution is -0.118. The SMILES string of the molecule is CCc1cc(C(=O)N(CC(N)=O)CC(C)C)cc(Cl)n1. The van der Waals surface area contributed by atoms with Gasteiger partial charge in [0, 0.05) is 17.8 Å². The van der Waals surface area contributed by atoms with E-state index in [4.69, 9.17) is 17.3 Å². The number of aryl methyl sites for hydroxylation is 1. The lowest BCUT2D eigenvalue weighted by atomic mass is 10.1. The van der Waals surface area contributed by atoms with E-state index in [9.17, 15) is 9.59 Å². The van der Waals surface area contributed by atoms with Gasteiger partial charge in [-0.1, -0.05) is 32.4 Å². The summed E-state index contributed by atoms with van der Waals surface area (Å²) < 4.78 is 0. The molecule has 0 aliphatic heterocycles. The summed E-state index contributed by atoms with van der Waals surface area (Å²) in [7, 11) is 0. The Morgan fingerprint density at radius 2 is 2.05 bits per heavy atom. The first kappa shape index (κ1) is 16.4. The minimum atomic E-state index is -0.533. The predicted molar refractivity (Wildman–Crippen MR) is 78.6 cm³/mol. The van der Waals surface area contributed by atoms with Gasteiger partial charge in [0.1, 0.15) is 5.15 Å². The number of amides is 2. The van der Waals surface area contributed by atoms with Crippen LogP contribution >= 0.6 is 11.6 Å². The number of aromatic nitrogens is 1. The van der Waals surface area contributed by atoms with Crippen LogP contribution < -0.4 is 5.73 Å². The van der Waals surface area contributed by atoms with Gasteiger partial charge in [0.25, 0.3) is 5.91 Å². The average molecular weight is 298 g/mol. The minimum Gasteiger partial charge on any atom is -0.368 e. The molecular formula is C14H20ClN3O2. The molecule has 0 bridgehead atoms. The standard InChI is InChI=1S/C14H20ClN3O2/c1-4-11-5-10(6-12(15)17-11)14(20)18(7-9(2)3)8-13(16)19/h5-6,9H,4,7-8H2,1-3H3,(H2,16,19). The third-order valence-electron chi connectivity index (χ3n) is 2.68. The number of nitrogens with zero attached hydrogens (tertiary/aromatic N) is 2. The molecule has 0 unspecified atom stereocenters. The average Bonchev–Trinajstić information content (AvgIpc) is 2.35. The van der Waals surface area contributed by atoms with E-state index in [0.717, 1.165) is 5.69 Å². The van der Waals surface area contributed by atoms with Gasteiger partial charge >= 0.3 is 0 Å². The molecule has 1 heterocycles. The number of rotatable bonds is 6. The van der Waals surface area contributed by atoms with E-state index < -0.39 is 5.91 Å². The lowest BCUT2D eigenvalue weighted by Crippen LogP contribution is -2.40. The van der Waals surface area contributed by atoms with Gasteiger partial charge in [-0.25, -0.2) is 4.98 Å². The molecule has 0 spiro atoms. The maximum absolute atomic E-state index is 12.5. The summed E-state index contributed by atoms with van der Waals surface area (Å²) in [6.07, 6.45) is 0.681. The third-order valence-corrected chi connectivity index (χ3v) is 2.87. The first-order chi connectivity index (χ1) is 9.33. The highest BCUT2D eigenvalue weighted by Crippen LogP contribution is 2.14. The normalized spacial score (nSPS) is 10.7. The zero-order valence-electron chi connectivity index (χ0n) is 12.0. The van der Waals surface area contributed by atoms with Crippen LogP contribution in [0, 0.1) is 5.92 Å². The number of nitrogens with two attached hydrogens (primary N) is 1. The van der Waals surface area contributed by atoms with E-state index in [0.29, 0.717) is 18.5 Å². The van der Waals surface area contributed by atoms with Crippen LogP contribution in [0.5, 0.6) is 0 Å². The van der Waals surface area contributed by atoms with Gasteiger partial charge in [0.2, 0.25) is 5.91 Å². The fourth-order valence-electron chi connectivity index (χ4n) is 1.89. The van der Waals surface area contributed by atoms with E-state index in [2.05, 4.69) is 4.98 Å². The number of halogens is 1. The molecule has 0 atom stereocenters. The Balaban J connectivity index is 3.04. The number of carbonyl (C=O) groups is 2. The lowest BCUT2D eigenvalue weighted by Gasteiger charge is -2.23. The summed E-state index contributed by atoms with van der Waals surface area (Å²) in [5, 5.41) is 0.274. The summed E-state index contributed by atoms with van der Waals surface area (Å²) in [5.41, 5.74) is 6.37. The van der Waals surface area contributed by atoms with Gasteiger partial charge in [-0.3, -0.25) is 9.59 Å². The second-order valence-electron chi connectivity index (χ2n) is 5.07. The first-order valence-corrected chi connectivity index (χ1v) is 6.95. The molecule has 1 rings (SSSR count). The molecule has 0 saturated heterocycles. The molecule has 0 aliphatic carbocycles. The Bertz CT molecular complexity index is 503. The van der Waals surface area contributed by atoms with Crippen LogP contribution in [0.1, 0.15) is 36.8 Å². The highest BCUT2D eigenvalue weighted by Gasteiger charge is 2.19. The minimum absolute atomic E-state index is 0.0988. The van der Waals surface area contributed by atoms with Crippen molar-refractivity contribution in [1.29, 1.82) is 0 Å². The molecule has 2 amide bonds. The maximum Gasteiger partial charge on any atom is 0.254 e. The molecule has 110 valence electrons. The summed E-state index contributed by atoms with van der Waals surface area (Å²) in [5.74, 6) is -0.548. The van der Waals surface area contributed by atoms with Gasteiger partial charge in [-0.15, -0.1) is 0 Å². The first-order valence-electron chi connectivity index (χ1n) is 6.57. The number of carbonyl (C=O) groups excluding carboxylic acids is 2. The second-order valence-corrected chi connectivity index (χ2v) is 5.46. The Hall–Kier alpha value is -1.62. The van der Waals surface area contributed by atoms with E-state index in [1.807, 2.05) is 20.8 Å². The number of primary amides is 1. The monoisotopic (exact) mass is 297 g/mol. The highest BCUT2D eigenvalue weighted by molar-refractivity contribution is 6.29. The van der Waals surface area contributed by atoms with Crippen molar-refractivity contribution in [3.63, 3.8) is 0 Å². The molecule has 1 aromatic rings. The molecule has 1 aromatic heterocycles. The van der Waals surface area contributed by atoms with Crippen molar-refractivity contribution in [1.82, 2.24) is 9.88 Å². The summed E-state index contributed by atoms with van der Waals surface area (Å²) in [6, 6.07) is 3.21. The molecule has 20 heavy (non-hydrogen) atoms. The van der Waals surface area contributed by atoms with E-state index in [1.54, 1.807) is 6.07 Å². The number of hydrogen-bond donors (Lipinski definition) is 1. The van der Waals surface area contributed by atoms with Gasteiger partial charge < -0.3 is 10.6 Å². The van der Waals surface area contributed by atoms with Crippen molar-refractivity contribution in [3.05, 3.63) is 28.5 Å². The van der Waals surface area contributed by atoms with Crippen LogP contribution in [0.15, 0.2) is 12.1 Å². The van der Waals surface area contributed by atoms with Crippen LogP contribution in [-0.4, -0.2) is 34.8 Å². The fraction of sp³-hybridized carbons (Fsp3) is 0.500. The Labute approximate surface area is 124 Å². The topological polar surface area (TPSA) is 76.3 Å². The summed E-state index contributed by atoms with van der Waals surface area (Å²) >= 11 is 5.92. The van der Waals surface area contributed by atoms with Crippen molar-refractivity contribution >= 4 is 23.4 Å². The Morgan fingerprint density at radius 3 is 2.55 bits per heavy atom. The number of hydrogen-bond acceptors (Lipinski definition) is 3. The molecule has 0 fully saturated rings. The quantitative estimate of drug-likeness (QED) is 0.815. The Morgan fingerprint density at radius 1 is 1.40 bits per heavy atom. The molecule has 0 saturated carbocycles. The van der Waals surface area contributed by atoms with Crippen molar-refractivity contribution in [2.24, 2.45) is 11.7 Å². The van der Waals surface area contributed by atoms with Gasteiger partial charge in [0.05, 0.1) is 6.54 Å². The van der Waals surface area contributed by atoms with Crippen molar-refractivity contribution in [2.45, 2.75) is 27.2 Å². The molecule has 2 N–H and O–H groups in total. The van der Waals surface area contributed by atoms with Gasteiger partial charge in [-0.05, 0) is 24.5 Å². The van der Waals surface area contributed by atoms with Crippen molar-refractivity contribution in [2.75, 3.05) is 13.1 Å². The zero-order valence-corrected chi connectivity index (χ0v) is 12.8. The molecule has 0 aliphatic rings. The van der Waals surface area contributed by atoms with E-state index in [-0.39, 0.29) is 23.5 Å². The molecule has 0 radical (unpaired) electrons. The summed E-state index contributed by atoms with van der Waals surface area (Å²) in [6.45, 7) is 6.24. The molecule has 6 heteroatoms. The largest absolute Gasteiger partial charge is 0.368 e. The summed E-state index contributed by atoms with van der Waals surface area (Å²) in [4.78, 5) is 29.1. The van der Waals surface area contributed by atoms with Crippen molar-refractivity contribution < 1.29 is 9.59 Å². The van der Waals surface area contributed by atoms with Crippen LogP contribution in [0.3, 0.4) is 0 Å². The predicted octanol–water partition coefficient (Wildman–Crippen LogP) is 1.88. The highest BCUT2D eigenvalue weighted by atomic mass is 35.5. The maximum atomic E-state index is 12.5. The van der Waals surface area contributed by atoms with Crippen LogP contribution in [0.25, 0.3) is 0 Å².